The molecule has 0 N–H and O–H groups in total. The minimum absolute atomic E-state index is 0.0169. The molecule has 0 heterocycles. The summed E-state index contributed by atoms with van der Waals surface area (Å²) in [5.41, 5.74) is 2.03. The fourth-order valence-electron chi connectivity index (χ4n) is 2.85. The number of rotatable bonds is 3. The van der Waals surface area contributed by atoms with E-state index in [2.05, 4.69) is 25.2 Å². The van der Waals surface area contributed by atoms with Crippen LogP contribution < -0.4 is 4.74 Å². The predicted molar refractivity (Wildman–Crippen MR) is 102 cm³/mol. The van der Waals surface area contributed by atoms with Crippen LogP contribution in [0, 0.1) is 0 Å². The largest absolute Gasteiger partial charge is 0.485 e. The van der Waals surface area contributed by atoms with Gasteiger partial charge in [0.25, 0.3) is 0 Å². The van der Waals surface area contributed by atoms with Gasteiger partial charge in [0.15, 0.2) is 5.78 Å². The number of ketones is 1. The summed E-state index contributed by atoms with van der Waals surface area (Å²) in [6.07, 6.45) is 8.23. The molecule has 0 fully saturated rings. The lowest BCUT2D eigenvalue weighted by Gasteiger charge is -2.17. The molecule has 0 saturated heterocycles. The van der Waals surface area contributed by atoms with Crippen LogP contribution in [-0.2, 0) is 0 Å². The van der Waals surface area contributed by atoms with Gasteiger partial charge in [-0.25, -0.2) is 0 Å². The first-order valence-electron chi connectivity index (χ1n) is 8.67. The van der Waals surface area contributed by atoms with Crippen LogP contribution in [0.25, 0.3) is 10.8 Å². The molecule has 3 rings (SSSR count). The van der Waals surface area contributed by atoms with Crippen LogP contribution in [0.4, 0.5) is 0 Å². The average Bonchev–Trinajstić information content (AvgIpc) is 2.80. The number of carbonyl (C=O) groups is 1. The Labute approximate surface area is 144 Å². The third-order valence-corrected chi connectivity index (χ3v) is 4.01. The van der Waals surface area contributed by atoms with Crippen molar-refractivity contribution in [1.29, 1.82) is 0 Å². The molecule has 2 heteroatoms. The zero-order valence-corrected chi connectivity index (χ0v) is 15.0. The first-order chi connectivity index (χ1) is 11.6. The average molecular weight is 322 g/mol. The zero-order chi connectivity index (χ0) is 17.5. The van der Waals surface area contributed by atoms with E-state index in [1.54, 1.807) is 6.92 Å². The van der Waals surface area contributed by atoms with E-state index in [4.69, 9.17) is 4.74 Å². The van der Waals surface area contributed by atoms with Gasteiger partial charge in [-0.1, -0.05) is 61.9 Å². The molecule has 2 aromatic carbocycles. The first kappa shape index (κ1) is 18.0. The number of hydrogen-bond donors (Lipinski definition) is 0. The number of hydrogen-bond acceptors (Lipinski definition) is 2. The molecule has 0 aromatic heterocycles. The maximum Gasteiger partial charge on any atom is 0.164 e. The minimum atomic E-state index is -0.0169. The van der Waals surface area contributed by atoms with Crippen LogP contribution in [0.2, 0.25) is 0 Å². The van der Waals surface area contributed by atoms with Gasteiger partial charge in [0.2, 0.25) is 0 Å². The highest BCUT2D eigenvalue weighted by molar-refractivity contribution is 6.09. The van der Waals surface area contributed by atoms with E-state index >= 15 is 0 Å². The van der Waals surface area contributed by atoms with Gasteiger partial charge in [-0.2, -0.15) is 0 Å². The third kappa shape index (κ3) is 4.14. The SMILES string of the molecule is CC.CC(=O)c1c(OC2C=CCC(C)=CC2)ccc2ccccc12. The van der Waals surface area contributed by atoms with Gasteiger partial charge < -0.3 is 4.74 Å². The van der Waals surface area contributed by atoms with Crippen molar-refractivity contribution in [3.05, 3.63) is 65.8 Å². The second kappa shape index (κ2) is 8.49. The Bertz CT molecular complexity index is 769. The van der Waals surface area contributed by atoms with E-state index in [0.717, 1.165) is 23.6 Å². The van der Waals surface area contributed by atoms with Gasteiger partial charge in [-0.05, 0) is 43.2 Å². The molecule has 2 nitrogen and oxygen atoms in total. The Morgan fingerprint density at radius 2 is 1.88 bits per heavy atom. The molecule has 0 amide bonds. The maximum absolute atomic E-state index is 12.1. The summed E-state index contributed by atoms with van der Waals surface area (Å²) in [6.45, 7) is 7.73. The smallest absolute Gasteiger partial charge is 0.164 e. The monoisotopic (exact) mass is 322 g/mol. The molecule has 126 valence electrons. The molecule has 1 aliphatic rings. The molecule has 0 bridgehead atoms. The normalized spacial score (nSPS) is 16.7. The fraction of sp³-hybridized carbons (Fsp3) is 0.318. The summed E-state index contributed by atoms with van der Waals surface area (Å²) in [5.74, 6) is 0.713. The molecule has 24 heavy (non-hydrogen) atoms. The molecule has 1 aliphatic carbocycles. The van der Waals surface area contributed by atoms with E-state index < -0.39 is 0 Å². The third-order valence-electron chi connectivity index (χ3n) is 4.01. The first-order valence-corrected chi connectivity index (χ1v) is 8.67. The van der Waals surface area contributed by atoms with Gasteiger partial charge in [0, 0.05) is 6.42 Å². The highest BCUT2D eigenvalue weighted by atomic mass is 16.5. The lowest BCUT2D eigenvalue weighted by Crippen LogP contribution is -2.14. The van der Waals surface area contributed by atoms with Crippen LogP contribution in [-0.4, -0.2) is 11.9 Å². The zero-order valence-electron chi connectivity index (χ0n) is 15.0. The van der Waals surface area contributed by atoms with E-state index in [1.807, 2.05) is 50.2 Å². The molecule has 1 atom stereocenters. The van der Waals surface area contributed by atoms with Gasteiger partial charge in [-0.15, -0.1) is 0 Å². The quantitative estimate of drug-likeness (QED) is 0.503. The predicted octanol–water partition coefficient (Wildman–Crippen LogP) is 6.11. The lowest BCUT2D eigenvalue weighted by molar-refractivity contribution is 0.101. The van der Waals surface area contributed by atoms with Crippen molar-refractivity contribution in [3.63, 3.8) is 0 Å². The van der Waals surface area contributed by atoms with E-state index in [0.29, 0.717) is 11.3 Å². The summed E-state index contributed by atoms with van der Waals surface area (Å²) in [7, 11) is 0. The Morgan fingerprint density at radius 1 is 1.12 bits per heavy atom. The number of Topliss-reactive ketones (excluding diaryl/α,β-unsaturated/α-hetero) is 1. The van der Waals surface area contributed by atoms with Gasteiger partial charge in [0.05, 0.1) is 5.56 Å². The highest BCUT2D eigenvalue weighted by Gasteiger charge is 2.16. The molecule has 1 unspecified atom stereocenters. The van der Waals surface area contributed by atoms with Crippen molar-refractivity contribution in [2.24, 2.45) is 0 Å². The van der Waals surface area contributed by atoms with Crippen molar-refractivity contribution in [2.75, 3.05) is 0 Å². The number of carbonyl (C=O) groups excluding carboxylic acids is 1. The molecular weight excluding hydrogens is 296 g/mol. The van der Waals surface area contributed by atoms with E-state index in [1.165, 1.54) is 5.57 Å². The van der Waals surface area contributed by atoms with Gasteiger partial charge in [-0.3, -0.25) is 4.79 Å². The van der Waals surface area contributed by atoms with E-state index in [9.17, 15) is 4.79 Å². The van der Waals surface area contributed by atoms with Crippen molar-refractivity contribution < 1.29 is 9.53 Å². The maximum atomic E-state index is 12.1. The van der Waals surface area contributed by atoms with E-state index in [-0.39, 0.29) is 11.9 Å². The molecular formula is C22H26O2. The second-order valence-electron chi connectivity index (χ2n) is 5.79. The van der Waals surface area contributed by atoms with Crippen LogP contribution in [0.1, 0.15) is 50.9 Å². The molecule has 0 saturated carbocycles. The van der Waals surface area contributed by atoms with Crippen molar-refractivity contribution in [1.82, 2.24) is 0 Å². The van der Waals surface area contributed by atoms with Crippen LogP contribution in [0.5, 0.6) is 5.75 Å². The number of allylic oxidation sites excluding steroid dienone is 2. The number of fused-ring (bicyclic) bond motifs is 1. The summed E-state index contributed by atoms with van der Waals surface area (Å²) in [6, 6.07) is 11.9. The Balaban J connectivity index is 0.00000100. The molecule has 0 radical (unpaired) electrons. The number of ether oxygens (including phenoxy) is 1. The summed E-state index contributed by atoms with van der Waals surface area (Å²) in [5, 5.41) is 2.02. The molecule has 0 aliphatic heterocycles. The van der Waals surface area contributed by atoms with Crippen molar-refractivity contribution >= 4 is 16.6 Å². The van der Waals surface area contributed by atoms with Crippen molar-refractivity contribution in [2.45, 2.75) is 46.6 Å². The molecule has 2 aromatic rings. The molecule has 0 spiro atoms. The topological polar surface area (TPSA) is 26.3 Å². The summed E-state index contributed by atoms with van der Waals surface area (Å²) >= 11 is 0. The Hall–Kier alpha value is -2.35. The van der Waals surface area contributed by atoms with Gasteiger partial charge in [0.1, 0.15) is 11.9 Å². The lowest BCUT2D eigenvalue weighted by atomic mass is 10.0. The summed E-state index contributed by atoms with van der Waals surface area (Å²) in [4.78, 5) is 12.1. The Kier molecular flexibility index (Phi) is 6.36. The van der Waals surface area contributed by atoms with Crippen LogP contribution >= 0.6 is 0 Å². The van der Waals surface area contributed by atoms with Crippen LogP contribution in [0.15, 0.2) is 60.2 Å². The summed E-state index contributed by atoms with van der Waals surface area (Å²) < 4.78 is 6.13. The van der Waals surface area contributed by atoms with Crippen molar-refractivity contribution in [3.8, 4) is 5.75 Å². The van der Waals surface area contributed by atoms with Gasteiger partial charge >= 0.3 is 0 Å². The highest BCUT2D eigenvalue weighted by Crippen LogP contribution is 2.30. The fourth-order valence-corrected chi connectivity index (χ4v) is 2.85. The Morgan fingerprint density at radius 3 is 2.62 bits per heavy atom. The minimum Gasteiger partial charge on any atom is -0.485 e. The second-order valence-corrected chi connectivity index (χ2v) is 5.79. The standard InChI is InChI=1S/C20H20O2.C2H6/c1-14-6-5-8-17(12-10-14)22-19-13-11-16-7-3-4-9-18(16)20(19)15(2)21;1-2/h3-5,7-11,13,17H,6,12H2,1-2H3;1-2H3. The van der Waals surface area contributed by atoms with Crippen LogP contribution in [0.3, 0.4) is 0 Å². The number of benzene rings is 2.